The highest BCUT2D eigenvalue weighted by Crippen LogP contribution is 2.15. The Kier molecular flexibility index (Phi) is 6.42. The number of nitrogens with zero attached hydrogens (tertiary/aromatic N) is 2. The van der Waals surface area contributed by atoms with E-state index in [1.165, 1.54) is 17.4 Å². The highest BCUT2D eigenvalue weighted by atomic mass is 32.2. The molecule has 1 aromatic carbocycles. The summed E-state index contributed by atoms with van der Waals surface area (Å²) in [5.74, 6) is 0. The van der Waals surface area contributed by atoms with Crippen molar-refractivity contribution in [3.05, 3.63) is 35.4 Å². The first-order valence-electron chi connectivity index (χ1n) is 8.61. The van der Waals surface area contributed by atoms with Crippen LogP contribution in [0.5, 0.6) is 0 Å². The molecule has 1 aliphatic rings. The second kappa shape index (κ2) is 7.95. The van der Waals surface area contributed by atoms with Crippen LogP contribution in [0.4, 0.5) is 0 Å². The average Bonchev–Trinajstić information content (AvgIpc) is 2.71. The summed E-state index contributed by atoms with van der Waals surface area (Å²) in [6, 6.07) is 8.53. The van der Waals surface area contributed by atoms with Crippen LogP contribution in [0.1, 0.15) is 37.8 Å². The first-order chi connectivity index (χ1) is 11.1. The lowest BCUT2D eigenvalue weighted by atomic mass is 9.98. The molecule has 0 aromatic heterocycles. The number of sulfonamides is 1. The van der Waals surface area contributed by atoms with Crippen LogP contribution >= 0.6 is 0 Å². The Morgan fingerprint density at radius 1 is 1.04 bits per heavy atom. The van der Waals surface area contributed by atoms with Crippen molar-refractivity contribution in [1.29, 1.82) is 0 Å². The Balaban J connectivity index is 1.87. The molecule has 1 heterocycles. The van der Waals surface area contributed by atoms with Gasteiger partial charge in [-0.05, 0) is 50.8 Å². The normalized spacial score (nSPS) is 18.5. The summed E-state index contributed by atoms with van der Waals surface area (Å²) >= 11 is 0. The SMILES string of the molecule is CC(C)(O)CCc1ccc(CN2CCCN(S(C)(=O)=O)CC2)cc1. The Bertz CT molecular complexity index is 621. The standard InChI is InChI=1S/C18H30N2O3S/c1-18(2,21)10-9-16-5-7-17(8-6-16)15-19-11-4-12-20(14-13-19)24(3,22)23/h5-8,21H,4,9-15H2,1-3H3. The summed E-state index contributed by atoms with van der Waals surface area (Å²) in [7, 11) is -3.08. The smallest absolute Gasteiger partial charge is 0.211 e. The molecule has 0 radical (unpaired) electrons. The van der Waals surface area contributed by atoms with Gasteiger partial charge in [0.05, 0.1) is 11.9 Å². The minimum absolute atomic E-state index is 0.572. The number of hydrogen-bond donors (Lipinski definition) is 1. The molecule has 1 saturated heterocycles. The molecule has 0 aliphatic carbocycles. The Hall–Kier alpha value is -0.950. The number of aryl methyl sites for hydroxylation is 1. The van der Waals surface area contributed by atoms with Crippen LogP contribution < -0.4 is 0 Å². The van der Waals surface area contributed by atoms with Gasteiger partial charge in [-0.3, -0.25) is 4.90 Å². The van der Waals surface area contributed by atoms with Gasteiger partial charge in [-0.1, -0.05) is 24.3 Å². The minimum atomic E-state index is -3.08. The van der Waals surface area contributed by atoms with Gasteiger partial charge in [0, 0.05) is 26.2 Å². The zero-order valence-electron chi connectivity index (χ0n) is 15.0. The maximum Gasteiger partial charge on any atom is 0.211 e. The summed E-state index contributed by atoms with van der Waals surface area (Å²) in [5.41, 5.74) is 1.85. The Labute approximate surface area is 146 Å². The molecule has 0 saturated carbocycles. The van der Waals surface area contributed by atoms with Crippen LogP contribution in [-0.2, 0) is 23.0 Å². The lowest BCUT2D eigenvalue weighted by Gasteiger charge is -2.21. The molecule has 1 fully saturated rings. The van der Waals surface area contributed by atoms with Crippen molar-refractivity contribution in [3.8, 4) is 0 Å². The maximum absolute atomic E-state index is 11.7. The molecule has 0 atom stereocenters. The van der Waals surface area contributed by atoms with Crippen molar-refractivity contribution in [2.45, 2.75) is 45.3 Å². The van der Waals surface area contributed by atoms with Gasteiger partial charge < -0.3 is 5.11 Å². The fraction of sp³-hybridized carbons (Fsp3) is 0.667. The highest BCUT2D eigenvalue weighted by Gasteiger charge is 2.21. The van der Waals surface area contributed by atoms with E-state index in [0.29, 0.717) is 13.1 Å². The molecule has 0 spiro atoms. The van der Waals surface area contributed by atoms with Crippen molar-refractivity contribution in [2.24, 2.45) is 0 Å². The summed E-state index contributed by atoms with van der Waals surface area (Å²) in [5, 5.41) is 9.80. The number of hydrogen-bond acceptors (Lipinski definition) is 4. The van der Waals surface area contributed by atoms with Crippen LogP contribution in [0.3, 0.4) is 0 Å². The van der Waals surface area contributed by atoms with E-state index in [1.807, 2.05) is 13.8 Å². The molecule has 0 amide bonds. The topological polar surface area (TPSA) is 60.9 Å². The van der Waals surface area contributed by atoms with Crippen LogP contribution in [-0.4, -0.2) is 60.8 Å². The molecule has 0 unspecified atom stereocenters. The lowest BCUT2D eigenvalue weighted by Crippen LogP contribution is -2.34. The molecular formula is C18H30N2O3S. The van der Waals surface area contributed by atoms with E-state index in [-0.39, 0.29) is 0 Å². The van der Waals surface area contributed by atoms with Gasteiger partial charge in [-0.2, -0.15) is 0 Å². The van der Waals surface area contributed by atoms with Crippen LogP contribution in [0.15, 0.2) is 24.3 Å². The largest absolute Gasteiger partial charge is 0.390 e. The minimum Gasteiger partial charge on any atom is -0.390 e. The van der Waals surface area contributed by atoms with Gasteiger partial charge in [-0.15, -0.1) is 0 Å². The third-order valence-electron chi connectivity index (χ3n) is 4.47. The van der Waals surface area contributed by atoms with E-state index < -0.39 is 15.6 Å². The van der Waals surface area contributed by atoms with Gasteiger partial charge in [0.2, 0.25) is 10.0 Å². The summed E-state index contributed by atoms with van der Waals surface area (Å²) in [6.07, 6.45) is 3.78. The van der Waals surface area contributed by atoms with Crippen molar-refractivity contribution in [1.82, 2.24) is 9.21 Å². The van der Waals surface area contributed by atoms with Gasteiger partial charge >= 0.3 is 0 Å². The van der Waals surface area contributed by atoms with Crippen molar-refractivity contribution in [2.75, 3.05) is 32.4 Å². The monoisotopic (exact) mass is 354 g/mol. The molecule has 2 rings (SSSR count). The average molecular weight is 355 g/mol. The predicted molar refractivity (Wildman–Crippen MR) is 97.4 cm³/mol. The third kappa shape index (κ3) is 6.51. The number of rotatable bonds is 6. The Morgan fingerprint density at radius 3 is 2.25 bits per heavy atom. The summed E-state index contributed by atoms with van der Waals surface area (Å²) < 4.78 is 24.9. The quantitative estimate of drug-likeness (QED) is 0.847. The number of benzene rings is 1. The highest BCUT2D eigenvalue weighted by molar-refractivity contribution is 7.88. The van der Waals surface area contributed by atoms with Gasteiger partial charge in [0.25, 0.3) is 0 Å². The molecule has 0 bridgehead atoms. The lowest BCUT2D eigenvalue weighted by molar-refractivity contribution is 0.0714. The molecule has 1 aliphatic heterocycles. The zero-order valence-corrected chi connectivity index (χ0v) is 15.8. The van der Waals surface area contributed by atoms with Crippen molar-refractivity contribution in [3.63, 3.8) is 0 Å². The molecular weight excluding hydrogens is 324 g/mol. The zero-order chi connectivity index (χ0) is 17.8. The molecule has 24 heavy (non-hydrogen) atoms. The molecule has 1 aromatic rings. The van der Waals surface area contributed by atoms with E-state index in [4.69, 9.17) is 0 Å². The molecule has 5 nitrogen and oxygen atoms in total. The first kappa shape index (κ1) is 19.4. The van der Waals surface area contributed by atoms with E-state index in [2.05, 4.69) is 29.2 Å². The predicted octanol–water partition coefficient (Wildman–Crippen LogP) is 1.86. The van der Waals surface area contributed by atoms with Gasteiger partial charge in [-0.25, -0.2) is 12.7 Å². The summed E-state index contributed by atoms with van der Waals surface area (Å²) in [6.45, 7) is 7.40. The molecule has 136 valence electrons. The van der Waals surface area contributed by atoms with Gasteiger partial charge in [0.15, 0.2) is 0 Å². The third-order valence-corrected chi connectivity index (χ3v) is 5.77. The fourth-order valence-electron chi connectivity index (χ4n) is 2.96. The first-order valence-corrected chi connectivity index (χ1v) is 10.5. The van der Waals surface area contributed by atoms with E-state index in [0.717, 1.165) is 38.9 Å². The maximum atomic E-state index is 11.7. The Morgan fingerprint density at radius 2 is 1.67 bits per heavy atom. The summed E-state index contributed by atoms with van der Waals surface area (Å²) in [4.78, 5) is 2.32. The van der Waals surface area contributed by atoms with Crippen LogP contribution in [0.2, 0.25) is 0 Å². The molecule has 1 N–H and O–H groups in total. The molecule has 6 heteroatoms. The second-order valence-electron chi connectivity index (χ2n) is 7.42. The van der Waals surface area contributed by atoms with Crippen LogP contribution in [0, 0.1) is 0 Å². The fourth-order valence-corrected chi connectivity index (χ4v) is 3.83. The van der Waals surface area contributed by atoms with Crippen molar-refractivity contribution < 1.29 is 13.5 Å². The van der Waals surface area contributed by atoms with E-state index >= 15 is 0 Å². The van der Waals surface area contributed by atoms with E-state index in [1.54, 1.807) is 4.31 Å². The number of aliphatic hydroxyl groups is 1. The second-order valence-corrected chi connectivity index (χ2v) is 9.40. The van der Waals surface area contributed by atoms with Crippen LogP contribution in [0.25, 0.3) is 0 Å². The van der Waals surface area contributed by atoms with E-state index in [9.17, 15) is 13.5 Å². The van der Waals surface area contributed by atoms with Crippen molar-refractivity contribution >= 4 is 10.0 Å². The van der Waals surface area contributed by atoms with Gasteiger partial charge in [0.1, 0.15) is 0 Å².